The number of alkyl carbamates (subject to hydrolysis) is 1. The van der Waals surface area contributed by atoms with Gasteiger partial charge in [0.1, 0.15) is 19.3 Å². The second kappa shape index (κ2) is 50.5. The lowest BCUT2D eigenvalue weighted by molar-refractivity contribution is -0.167. The molecule has 0 aliphatic rings. The van der Waals surface area contributed by atoms with Gasteiger partial charge in [-0.2, -0.15) is 0 Å². The van der Waals surface area contributed by atoms with Crippen molar-refractivity contribution in [3.8, 4) is 0 Å². The molecule has 0 saturated carbocycles. The molecule has 10 heteroatoms. The molecular formula is C57H102N2O8. The second-order valence-corrected chi connectivity index (χ2v) is 18.4. The molecule has 1 amide bonds. The third-order valence-corrected chi connectivity index (χ3v) is 11.9. The van der Waals surface area contributed by atoms with Crippen molar-refractivity contribution in [1.82, 2.24) is 10.2 Å². The van der Waals surface area contributed by atoms with Crippen LogP contribution in [-0.4, -0.2) is 81.0 Å². The second-order valence-electron chi connectivity index (χ2n) is 18.4. The van der Waals surface area contributed by atoms with E-state index < -0.39 is 24.3 Å². The summed E-state index contributed by atoms with van der Waals surface area (Å²) in [5.41, 5.74) is 0. The molecule has 0 fully saturated rings. The molecule has 1 N–H and O–H groups in total. The van der Waals surface area contributed by atoms with Gasteiger partial charge in [0, 0.05) is 32.4 Å². The molecule has 0 saturated heterocycles. The minimum Gasteiger partial charge on any atom is -0.462 e. The number of hydrogen-bond donors (Lipinski definition) is 1. The van der Waals surface area contributed by atoms with Gasteiger partial charge in [0.25, 0.3) is 0 Å². The molecule has 0 aliphatic heterocycles. The molecule has 2 atom stereocenters. The van der Waals surface area contributed by atoms with E-state index in [9.17, 15) is 19.2 Å². The van der Waals surface area contributed by atoms with Crippen molar-refractivity contribution in [1.29, 1.82) is 0 Å². The van der Waals surface area contributed by atoms with Gasteiger partial charge in [-0.25, -0.2) is 4.79 Å². The van der Waals surface area contributed by atoms with Crippen molar-refractivity contribution in [2.24, 2.45) is 0 Å². The first-order chi connectivity index (χ1) is 32.7. The number of hydrogen-bond acceptors (Lipinski definition) is 9. The van der Waals surface area contributed by atoms with Crippen LogP contribution in [0.3, 0.4) is 0 Å². The Morgan fingerprint density at radius 1 is 0.448 bits per heavy atom. The normalized spacial score (nSPS) is 12.7. The summed E-state index contributed by atoms with van der Waals surface area (Å²) in [6.07, 6.45) is 48.6. The lowest BCUT2D eigenvalue weighted by Crippen LogP contribution is -2.35. The molecule has 388 valence electrons. The highest BCUT2D eigenvalue weighted by atomic mass is 16.6. The number of nitrogens with one attached hydrogen (secondary N) is 1. The largest absolute Gasteiger partial charge is 0.462 e. The highest BCUT2D eigenvalue weighted by molar-refractivity contribution is 5.71. The number of unbranched alkanes of at least 4 members (excludes halogenated alkanes) is 21. The zero-order valence-electron chi connectivity index (χ0n) is 43.9. The zero-order valence-corrected chi connectivity index (χ0v) is 43.9. The topological polar surface area (TPSA) is 120 Å². The predicted molar refractivity (Wildman–Crippen MR) is 279 cm³/mol. The Balaban J connectivity index is 4.99. The Labute approximate surface area is 411 Å². The van der Waals surface area contributed by atoms with Gasteiger partial charge in [-0.1, -0.05) is 173 Å². The summed E-state index contributed by atoms with van der Waals surface area (Å²) in [7, 11) is 1.99. The quantitative estimate of drug-likeness (QED) is 0.0275. The highest BCUT2D eigenvalue weighted by Crippen LogP contribution is 2.17. The fraction of sp³-hybridized carbons (Fsp3) is 0.789. The molecule has 0 heterocycles. The van der Waals surface area contributed by atoms with Crippen molar-refractivity contribution in [2.75, 3.05) is 39.9 Å². The van der Waals surface area contributed by atoms with Gasteiger partial charge in [-0.3, -0.25) is 14.4 Å². The van der Waals surface area contributed by atoms with Crippen LogP contribution < -0.4 is 5.32 Å². The van der Waals surface area contributed by atoms with Gasteiger partial charge in [0.15, 0.2) is 6.10 Å². The average molecular weight is 943 g/mol. The monoisotopic (exact) mass is 943 g/mol. The number of carbonyl (C=O) groups excluding carboxylic acids is 4. The number of allylic oxidation sites excluding steroid dienone is 8. The number of carbonyl (C=O) groups is 4. The summed E-state index contributed by atoms with van der Waals surface area (Å²) < 4.78 is 22.7. The molecule has 0 spiro atoms. The third-order valence-electron chi connectivity index (χ3n) is 11.9. The van der Waals surface area contributed by atoms with E-state index >= 15 is 0 Å². The molecule has 0 rings (SSSR count). The van der Waals surface area contributed by atoms with Gasteiger partial charge in [-0.05, 0) is 110 Å². The first-order valence-corrected chi connectivity index (χ1v) is 27.5. The molecule has 0 aliphatic carbocycles. The SMILES string of the molecule is CCCCCC=CC/C=C\CCCCCCCC(=O)OCC(COC(=O)CCCCCCC/C=C\C/C=C\CCCCC)OC(=O)CCC(CCCCCCCC)OC(=O)NCCN(C)CC. The van der Waals surface area contributed by atoms with Crippen LogP contribution in [0.4, 0.5) is 4.79 Å². The summed E-state index contributed by atoms with van der Waals surface area (Å²) in [4.78, 5) is 53.5. The Morgan fingerprint density at radius 3 is 1.34 bits per heavy atom. The van der Waals surface area contributed by atoms with E-state index in [4.69, 9.17) is 18.9 Å². The van der Waals surface area contributed by atoms with Crippen molar-refractivity contribution in [2.45, 2.75) is 252 Å². The Morgan fingerprint density at radius 2 is 0.866 bits per heavy atom. The summed E-state index contributed by atoms with van der Waals surface area (Å²) in [5, 5.41) is 2.83. The molecular weight excluding hydrogens is 841 g/mol. The van der Waals surface area contributed by atoms with Crippen molar-refractivity contribution < 1.29 is 38.1 Å². The van der Waals surface area contributed by atoms with Crippen LogP contribution in [0, 0.1) is 0 Å². The minimum absolute atomic E-state index is 0.0165. The van der Waals surface area contributed by atoms with Crippen LogP contribution in [0.5, 0.6) is 0 Å². The zero-order chi connectivity index (χ0) is 49.1. The first-order valence-electron chi connectivity index (χ1n) is 27.5. The molecule has 0 aromatic carbocycles. The minimum atomic E-state index is -0.925. The van der Waals surface area contributed by atoms with E-state index in [1.807, 2.05) is 7.05 Å². The molecule has 2 unspecified atom stereocenters. The fourth-order valence-corrected chi connectivity index (χ4v) is 7.43. The van der Waals surface area contributed by atoms with E-state index in [1.165, 1.54) is 70.6 Å². The molecule has 0 aromatic rings. The number of amides is 1. The van der Waals surface area contributed by atoms with E-state index in [0.717, 1.165) is 116 Å². The van der Waals surface area contributed by atoms with Crippen LogP contribution in [0.2, 0.25) is 0 Å². The summed E-state index contributed by atoms with van der Waals surface area (Å²) in [6, 6.07) is 0. The van der Waals surface area contributed by atoms with Gasteiger partial charge >= 0.3 is 24.0 Å². The number of esters is 3. The van der Waals surface area contributed by atoms with Crippen LogP contribution in [0.1, 0.15) is 240 Å². The highest BCUT2D eigenvalue weighted by Gasteiger charge is 2.22. The van der Waals surface area contributed by atoms with Crippen molar-refractivity contribution in [3.05, 3.63) is 48.6 Å². The Bertz CT molecular complexity index is 1220. The average Bonchev–Trinajstić information content (AvgIpc) is 3.32. The number of likely N-dealkylation sites (N-methyl/N-ethyl adjacent to an activating group) is 1. The number of ether oxygens (including phenoxy) is 4. The predicted octanol–water partition coefficient (Wildman–Crippen LogP) is 15.2. The van der Waals surface area contributed by atoms with Crippen LogP contribution in [-0.2, 0) is 33.3 Å². The fourth-order valence-electron chi connectivity index (χ4n) is 7.43. The van der Waals surface area contributed by atoms with Crippen LogP contribution in [0.15, 0.2) is 48.6 Å². The smallest absolute Gasteiger partial charge is 0.407 e. The first kappa shape index (κ1) is 63.6. The molecule has 67 heavy (non-hydrogen) atoms. The van der Waals surface area contributed by atoms with Gasteiger partial charge < -0.3 is 29.2 Å². The maximum absolute atomic E-state index is 13.2. The van der Waals surface area contributed by atoms with Gasteiger partial charge in [0.05, 0.1) is 0 Å². The van der Waals surface area contributed by atoms with E-state index in [-0.39, 0.29) is 44.4 Å². The maximum atomic E-state index is 13.2. The lowest BCUT2D eigenvalue weighted by atomic mass is 10.0. The Hall–Kier alpha value is -3.40. The molecule has 10 nitrogen and oxygen atoms in total. The van der Waals surface area contributed by atoms with Crippen molar-refractivity contribution >= 4 is 24.0 Å². The summed E-state index contributed by atoms with van der Waals surface area (Å²) >= 11 is 0. The Kier molecular flexibility index (Phi) is 47.9. The van der Waals surface area contributed by atoms with Gasteiger partial charge in [0.2, 0.25) is 0 Å². The molecule has 0 radical (unpaired) electrons. The number of nitrogens with zero attached hydrogens (tertiary/aromatic N) is 1. The third kappa shape index (κ3) is 47.5. The van der Waals surface area contributed by atoms with E-state index in [2.05, 4.69) is 86.5 Å². The van der Waals surface area contributed by atoms with Crippen molar-refractivity contribution in [3.63, 3.8) is 0 Å². The molecule has 0 bridgehead atoms. The standard InChI is InChI=1S/C57H102N2O8/c1-6-10-13-16-19-21-23-25-27-29-31-33-35-38-41-44-54(60)64-50-53(51-65-55(61)45-42-39-36-34-32-30-28-26-24-22-20-17-14-11-7-2)66-56(62)47-46-52(43-40-37-18-15-12-8-3)67-57(63)58-48-49-59(5)9-4/h19-22,25-28,52-53H,6-18,23-24,29-51H2,1-5H3,(H,58,63)/b21-19-,22-20?,27-25-,28-26-. The lowest BCUT2D eigenvalue weighted by Gasteiger charge is -2.21. The van der Waals surface area contributed by atoms with E-state index in [0.29, 0.717) is 25.9 Å². The maximum Gasteiger partial charge on any atom is 0.407 e. The molecule has 0 aromatic heterocycles. The van der Waals surface area contributed by atoms with E-state index in [1.54, 1.807) is 0 Å². The van der Waals surface area contributed by atoms with Crippen LogP contribution >= 0.6 is 0 Å². The number of rotatable bonds is 48. The summed E-state index contributed by atoms with van der Waals surface area (Å²) in [5.74, 6) is -1.22. The van der Waals surface area contributed by atoms with Crippen LogP contribution in [0.25, 0.3) is 0 Å². The summed E-state index contributed by atoms with van der Waals surface area (Å²) in [6.45, 7) is 10.4. The van der Waals surface area contributed by atoms with Gasteiger partial charge in [-0.15, -0.1) is 0 Å².